The molecule has 0 amide bonds. The molecule has 0 spiro atoms. The lowest BCUT2D eigenvalue weighted by atomic mass is 10.1. The van der Waals surface area contributed by atoms with Crippen LogP contribution in [0, 0.1) is 0 Å². The summed E-state index contributed by atoms with van der Waals surface area (Å²) in [7, 11) is -1.31. The van der Waals surface area contributed by atoms with Crippen LogP contribution < -0.4 is 10.5 Å². The molecule has 3 N–H and O–H groups in total. The van der Waals surface area contributed by atoms with Gasteiger partial charge in [-0.2, -0.15) is 4.98 Å². The second-order valence-electron chi connectivity index (χ2n) is 5.87. The number of anilines is 1. The van der Waals surface area contributed by atoms with Crippen molar-refractivity contribution in [1.82, 2.24) is 24.3 Å². The van der Waals surface area contributed by atoms with Crippen molar-refractivity contribution in [2.24, 2.45) is 0 Å². The summed E-state index contributed by atoms with van der Waals surface area (Å²) in [6, 6.07) is 5.83. The van der Waals surface area contributed by atoms with Gasteiger partial charge in [0.2, 0.25) is 5.95 Å². The molecule has 1 saturated heterocycles. The minimum absolute atomic E-state index is 0.202. The van der Waals surface area contributed by atoms with Crippen LogP contribution in [0.4, 0.5) is 5.95 Å². The van der Waals surface area contributed by atoms with E-state index >= 15 is 0 Å². The number of nitrogen functional groups attached to an aromatic ring is 1. The van der Waals surface area contributed by atoms with Crippen LogP contribution in [0.2, 0.25) is 0 Å². The van der Waals surface area contributed by atoms with Gasteiger partial charge in [0.1, 0.15) is 11.0 Å². The van der Waals surface area contributed by atoms with Gasteiger partial charge in [0.25, 0.3) is 0 Å². The Hall–Kier alpha value is -2.36. The number of aromatic nitrogens is 4. The zero-order valence-corrected chi connectivity index (χ0v) is 14.3. The maximum absolute atomic E-state index is 12.6. The minimum atomic E-state index is -1.31. The van der Waals surface area contributed by atoms with Gasteiger partial charge in [-0.25, -0.2) is 13.4 Å². The molecule has 0 bridgehead atoms. The summed E-state index contributed by atoms with van der Waals surface area (Å²) in [4.78, 5) is 8.98. The van der Waals surface area contributed by atoms with Crippen LogP contribution in [0.5, 0.6) is 0 Å². The van der Waals surface area contributed by atoms with E-state index in [1.54, 1.807) is 16.9 Å². The van der Waals surface area contributed by atoms with E-state index in [2.05, 4.69) is 19.8 Å². The molecule has 8 nitrogen and oxygen atoms in total. The van der Waals surface area contributed by atoms with E-state index in [9.17, 15) is 4.21 Å². The highest BCUT2D eigenvalue weighted by Crippen LogP contribution is 2.21. The fraction of sp³-hybridized carbons (Fsp3) is 0.312. The zero-order chi connectivity index (χ0) is 17.2. The van der Waals surface area contributed by atoms with Crippen molar-refractivity contribution in [2.75, 3.05) is 18.9 Å². The smallest absolute Gasteiger partial charge is 0.240 e. The molecule has 1 aliphatic heterocycles. The molecule has 1 unspecified atom stereocenters. The summed E-state index contributed by atoms with van der Waals surface area (Å²) in [5.74, 6) is 0.228. The number of nitrogens with one attached hydrogen (secondary N) is 1. The molecule has 4 heterocycles. The molecular formula is C16H18N6O2S. The summed E-state index contributed by atoms with van der Waals surface area (Å²) >= 11 is 0. The molecule has 1 aliphatic rings. The highest BCUT2D eigenvalue weighted by atomic mass is 32.2. The highest BCUT2D eigenvalue weighted by Gasteiger charge is 2.17. The average molecular weight is 358 g/mol. The van der Waals surface area contributed by atoms with Crippen LogP contribution in [0.15, 0.2) is 41.7 Å². The maximum Gasteiger partial charge on any atom is 0.240 e. The maximum atomic E-state index is 12.6. The number of hydrogen-bond acceptors (Lipinski definition) is 6. The SMILES string of the molecule is Nc1nc2ccc(-c3cncc(S(=O)NC4CCOCC4)c3)cn2n1. The topological polar surface area (TPSA) is 107 Å². The summed E-state index contributed by atoms with van der Waals surface area (Å²) in [5, 5.41) is 4.11. The molecule has 3 aromatic heterocycles. The van der Waals surface area contributed by atoms with Gasteiger partial charge in [0, 0.05) is 49.0 Å². The molecule has 130 valence electrons. The van der Waals surface area contributed by atoms with Crippen LogP contribution in [-0.2, 0) is 15.7 Å². The predicted octanol–water partition coefficient (Wildman–Crippen LogP) is 1.16. The normalized spacial score (nSPS) is 17.0. The lowest BCUT2D eigenvalue weighted by Crippen LogP contribution is -2.35. The highest BCUT2D eigenvalue weighted by molar-refractivity contribution is 7.83. The van der Waals surface area contributed by atoms with Gasteiger partial charge in [-0.05, 0) is 31.0 Å². The first-order valence-electron chi connectivity index (χ1n) is 8.02. The van der Waals surface area contributed by atoms with Crippen LogP contribution in [-0.4, -0.2) is 43.0 Å². The van der Waals surface area contributed by atoms with E-state index < -0.39 is 11.0 Å². The number of nitrogens with two attached hydrogens (primary N) is 1. The molecule has 0 aromatic carbocycles. The van der Waals surface area contributed by atoms with Gasteiger partial charge >= 0.3 is 0 Å². The summed E-state index contributed by atoms with van der Waals surface area (Å²) < 4.78 is 22.7. The van der Waals surface area contributed by atoms with E-state index in [0.29, 0.717) is 23.8 Å². The number of fused-ring (bicyclic) bond motifs is 1. The first-order valence-corrected chi connectivity index (χ1v) is 9.17. The number of ether oxygens (including phenoxy) is 1. The van der Waals surface area contributed by atoms with Gasteiger partial charge in [0.05, 0.1) is 4.90 Å². The van der Waals surface area contributed by atoms with Crippen LogP contribution in [0.25, 0.3) is 16.8 Å². The van der Waals surface area contributed by atoms with Crippen molar-refractivity contribution in [3.05, 3.63) is 36.8 Å². The van der Waals surface area contributed by atoms with Crippen LogP contribution >= 0.6 is 0 Å². The van der Waals surface area contributed by atoms with E-state index in [-0.39, 0.29) is 12.0 Å². The molecule has 3 aromatic rings. The number of pyridine rings is 2. The van der Waals surface area contributed by atoms with Crippen molar-refractivity contribution < 1.29 is 8.95 Å². The van der Waals surface area contributed by atoms with Crippen LogP contribution in [0.3, 0.4) is 0 Å². The molecule has 0 saturated carbocycles. The monoisotopic (exact) mass is 358 g/mol. The predicted molar refractivity (Wildman–Crippen MR) is 94.0 cm³/mol. The number of hydrogen-bond donors (Lipinski definition) is 2. The first kappa shape index (κ1) is 16.1. The second-order valence-corrected chi connectivity index (χ2v) is 7.12. The molecule has 0 radical (unpaired) electrons. The molecule has 1 fully saturated rings. The van der Waals surface area contributed by atoms with Gasteiger partial charge in [0.15, 0.2) is 5.65 Å². The van der Waals surface area contributed by atoms with Crippen molar-refractivity contribution in [3.8, 4) is 11.1 Å². The third kappa shape index (κ3) is 3.53. The molecule has 9 heteroatoms. The van der Waals surface area contributed by atoms with E-state index in [0.717, 1.165) is 24.0 Å². The third-order valence-corrected chi connectivity index (χ3v) is 5.30. The van der Waals surface area contributed by atoms with E-state index in [4.69, 9.17) is 10.5 Å². The fourth-order valence-electron chi connectivity index (χ4n) is 2.78. The average Bonchev–Trinajstić information content (AvgIpc) is 3.02. The Bertz CT molecular complexity index is 922. The Morgan fingerprint density at radius 1 is 1.24 bits per heavy atom. The van der Waals surface area contributed by atoms with Crippen molar-refractivity contribution in [1.29, 1.82) is 0 Å². The fourth-order valence-corrected chi connectivity index (χ4v) is 3.85. The Morgan fingerprint density at radius 2 is 2.08 bits per heavy atom. The van der Waals surface area contributed by atoms with Crippen molar-refractivity contribution in [2.45, 2.75) is 23.8 Å². The number of nitrogens with zero attached hydrogens (tertiary/aromatic N) is 4. The van der Waals surface area contributed by atoms with Gasteiger partial charge in [-0.1, -0.05) is 0 Å². The van der Waals surface area contributed by atoms with E-state index in [1.807, 2.05) is 24.4 Å². The summed E-state index contributed by atoms with van der Waals surface area (Å²) in [6.07, 6.45) is 6.91. The Kier molecular flexibility index (Phi) is 4.43. The van der Waals surface area contributed by atoms with E-state index in [1.165, 1.54) is 0 Å². The minimum Gasteiger partial charge on any atom is -0.381 e. The largest absolute Gasteiger partial charge is 0.381 e. The molecular weight excluding hydrogens is 340 g/mol. The van der Waals surface area contributed by atoms with Crippen molar-refractivity contribution in [3.63, 3.8) is 0 Å². The Labute approximate surface area is 147 Å². The number of rotatable bonds is 4. The summed E-state index contributed by atoms with van der Waals surface area (Å²) in [6.45, 7) is 1.41. The Balaban J connectivity index is 1.58. The first-order chi connectivity index (χ1) is 12.2. The lowest BCUT2D eigenvalue weighted by Gasteiger charge is -2.22. The molecule has 0 aliphatic carbocycles. The molecule has 4 rings (SSSR count). The Morgan fingerprint density at radius 3 is 2.92 bits per heavy atom. The molecule has 25 heavy (non-hydrogen) atoms. The summed E-state index contributed by atoms with van der Waals surface area (Å²) in [5.41, 5.74) is 8.05. The van der Waals surface area contributed by atoms with Gasteiger partial charge in [-0.3, -0.25) is 4.98 Å². The standard InChI is InChI=1S/C16H18N6O2S/c17-16-19-15-2-1-11(10-22(15)20-16)12-7-14(9-18-8-12)25(23)21-13-3-5-24-6-4-13/h1-2,7-10,13,21H,3-6H2,(H2,17,20). The third-order valence-electron chi connectivity index (χ3n) is 4.10. The quantitative estimate of drug-likeness (QED) is 0.725. The molecule has 1 atom stereocenters. The van der Waals surface area contributed by atoms with Gasteiger partial charge in [-0.15, -0.1) is 5.10 Å². The lowest BCUT2D eigenvalue weighted by molar-refractivity contribution is 0.0835. The zero-order valence-electron chi connectivity index (χ0n) is 13.5. The van der Waals surface area contributed by atoms with Crippen molar-refractivity contribution >= 4 is 22.6 Å². The second kappa shape index (κ2) is 6.87. The van der Waals surface area contributed by atoms with Crippen LogP contribution in [0.1, 0.15) is 12.8 Å². The van der Waals surface area contributed by atoms with Gasteiger partial charge < -0.3 is 10.5 Å².